The molecule has 252 valence electrons. The van der Waals surface area contributed by atoms with Gasteiger partial charge in [-0.1, -0.05) is 90.0 Å². The number of hydrogen-bond donors (Lipinski definition) is 2. The predicted molar refractivity (Wildman–Crippen MR) is 166 cm³/mol. The first-order valence-corrected chi connectivity index (χ1v) is 17.5. The Hall–Kier alpha value is -1.78. The number of likely N-dealkylation sites (N-methyl/N-ethyl adjacent to an activating group) is 1. The maximum atomic E-state index is 12.3. The van der Waals surface area contributed by atoms with Crippen molar-refractivity contribution in [3.8, 4) is 0 Å². The molecule has 0 aromatic rings. The summed E-state index contributed by atoms with van der Waals surface area (Å²) in [7, 11) is 1.31. The zero-order valence-electron chi connectivity index (χ0n) is 27.1. The van der Waals surface area contributed by atoms with E-state index >= 15 is 0 Å². The van der Waals surface area contributed by atoms with Gasteiger partial charge in [0, 0.05) is 18.9 Å². The molecule has 0 amide bonds. The molecule has 2 atom stereocenters. The topological polar surface area (TPSA) is 146 Å². The molecule has 0 aliphatic heterocycles. The van der Waals surface area contributed by atoms with Crippen molar-refractivity contribution in [1.29, 1.82) is 0 Å². The van der Waals surface area contributed by atoms with E-state index in [1.54, 1.807) is 0 Å². The molecule has 43 heavy (non-hydrogen) atoms. The third-order valence-corrected chi connectivity index (χ3v) is 7.65. The fourth-order valence-corrected chi connectivity index (χ4v) is 4.84. The molecule has 0 radical (unpaired) electrons. The van der Waals surface area contributed by atoms with Crippen LogP contribution >= 0.6 is 7.82 Å². The molecule has 0 saturated carbocycles. The number of unbranched alkanes of at least 4 members (excludes halogenated alkanes) is 13. The molecule has 12 heteroatoms. The highest BCUT2D eigenvalue weighted by atomic mass is 31.2. The van der Waals surface area contributed by atoms with Gasteiger partial charge in [-0.15, -0.1) is 0 Å². The van der Waals surface area contributed by atoms with Gasteiger partial charge in [-0.05, 0) is 19.3 Å². The number of quaternary nitrogens is 1. The van der Waals surface area contributed by atoms with E-state index in [4.69, 9.17) is 23.6 Å². The number of phosphoric ester groups is 1. The summed E-state index contributed by atoms with van der Waals surface area (Å²) in [5.74, 6) is -2.13. The molecule has 2 N–H and O–H groups in total. The number of esters is 2. The van der Waals surface area contributed by atoms with E-state index < -0.39 is 38.4 Å². The highest BCUT2D eigenvalue weighted by Crippen LogP contribution is 2.43. The number of rotatable bonds is 29. The van der Waals surface area contributed by atoms with Gasteiger partial charge in [-0.3, -0.25) is 18.6 Å². The minimum absolute atomic E-state index is 0.00977. The van der Waals surface area contributed by atoms with E-state index in [1.807, 2.05) is 21.1 Å². The molecule has 0 aromatic heterocycles. The Morgan fingerprint density at radius 2 is 1.30 bits per heavy atom. The first-order valence-electron chi connectivity index (χ1n) is 16.0. The number of aliphatic carboxylic acids is 1. The van der Waals surface area contributed by atoms with E-state index in [2.05, 4.69) is 6.92 Å². The van der Waals surface area contributed by atoms with Crippen LogP contribution in [-0.4, -0.2) is 86.0 Å². The summed E-state index contributed by atoms with van der Waals surface area (Å²) in [6, 6.07) is 0. The number of hydrogen-bond acceptors (Lipinski definition) is 8. The molecular formula is C31H59NO10P+. The van der Waals surface area contributed by atoms with Crippen molar-refractivity contribution in [3.05, 3.63) is 12.2 Å². The number of phosphoric acid groups is 1. The van der Waals surface area contributed by atoms with Crippen LogP contribution in [0, 0.1) is 0 Å². The maximum absolute atomic E-state index is 12.3. The second kappa shape index (κ2) is 25.5. The lowest BCUT2D eigenvalue weighted by atomic mass is 10.0. The minimum Gasteiger partial charge on any atom is -0.478 e. The summed E-state index contributed by atoms with van der Waals surface area (Å²) in [6.07, 6.45) is 17.9. The molecule has 1 unspecified atom stereocenters. The fraction of sp³-hybridized carbons (Fsp3) is 0.839. The van der Waals surface area contributed by atoms with E-state index in [1.165, 1.54) is 63.9 Å². The number of carboxylic acid groups (broad SMARTS) is 1. The smallest absolute Gasteiger partial charge is 0.472 e. The molecule has 0 bridgehead atoms. The third kappa shape index (κ3) is 30.0. The zero-order chi connectivity index (χ0) is 32.4. The Morgan fingerprint density at radius 3 is 1.84 bits per heavy atom. The summed E-state index contributed by atoms with van der Waals surface area (Å²) in [5, 5.41) is 8.63. The standard InChI is InChI=1S/C31H58NO10P/c1-5-6-7-8-9-10-11-12-13-14-15-16-19-22-30(35)39-26-28(42-31(36)23-20-17-18-21-29(33)34)27-41-43(37,38)40-25-24-32(2,3)4/h18,21,28H,5-17,19-20,22-27H2,1-4H3,(H-,33,34,37,38)/p+1/b21-18+/t28-/m1/s1. The van der Waals surface area contributed by atoms with Crippen LogP contribution in [0.3, 0.4) is 0 Å². The van der Waals surface area contributed by atoms with E-state index in [9.17, 15) is 23.8 Å². The average Bonchev–Trinajstić information content (AvgIpc) is 2.91. The molecule has 0 rings (SSSR count). The van der Waals surface area contributed by atoms with E-state index in [0.29, 0.717) is 30.3 Å². The van der Waals surface area contributed by atoms with Crippen LogP contribution in [0.5, 0.6) is 0 Å². The third-order valence-electron chi connectivity index (χ3n) is 6.67. The molecular weight excluding hydrogens is 577 g/mol. The van der Waals surface area contributed by atoms with Gasteiger partial charge in [0.05, 0.1) is 27.7 Å². The quantitative estimate of drug-likeness (QED) is 0.0304. The molecule has 0 saturated heterocycles. The minimum atomic E-state index is -4.41. The van der Waals surface area contributed by atoms with Crippen molar-refractivity contribution in [2.75, 3.05) is 47.5 Å². The number of carboxylic acids is 1. The van der Waals surface area contributed by atoms with Gasteiger partial charge in [0.2, 0.25) is 0 Å². The summed E-state index contributed by atoms with van der Waals surface area (Å²) >= 11 is 0. The van der Waals surface area contributed by atoms with Crippen molar-refractivity contribution in [2.45, 2.75) is 122 Å². The second-order valence-electron chi connectivity index (χ2n) is 12.0. The van der Waals surface area contributed by atoms with Crippen LogP contribution < -0.4 is 0 Å². The molecule has 0 aromatic carbocycles. The second-order valence-corrected chi connectivity index (χ2v) is 13.5. The Morgan fingerprint density at radius 1 is 0.767 bits per heavy atom. The van der Waals surface area contributed by atoms with Crippen LogP contribution in [-0.2, 0) is 37.5 Å². The van der Waals surface area contributed by atoms with Crippen molar-refractivity contribution in [2.24, 2.45) is 0 Å². The Bertz CT molecular complexity index is 828. The lowest BCUT2D eigenvalue weighted by Crippen LogP contribution is -2.37. The van der Waals surface area contributed by atoms with E-state index in [-0.39, 0.29) is 26.1 Å². The normalized spacial score (nSPS) is 14.0. The van der Waals surface area contributed by atoms with Crippen molar-refractivity contribution >= 4 is 25.7 Å². The maximum Gasteiger partial charge on any atom is 0.472 e. The first kappa shape index (κ1) is 41.2. The van der Waals surface area contributed by atoms with Crippen molar-refractivity contribution in [3.63, 3.8) is 0 Å². The Labute approximate surface area is 259 Å². The number of nitrogens with zero attached hydrogens (tertiary/aromatic N) is 1. The summed E-state index contributed by atoms with van der Waals surface area (Å²) < 4.78 is 33.4. The molecule has 0 spiro atoms. The number of carbonyl (C=O) groups is 3. The lowest BCUT2D eigenvalue weighted by molar-refractivity contribution is -0.870. The van der Waals surface area contributed by atoms with Crippen LogP contribution in [0.4, 0.5) is 0 Å². The summed E-state index contributed by atoms with van der Waals surface area (Å²) in [6.45, 7) is 1.88. The highest BCUT2D eigenvalue weighted by molar-refractivity contribution is 7.47. The monoisotopic (exact) mass is 636 g/mol. The SMILES string of the molecule is CCCCCCCCCCCCCCCC(=O)OC[C@H](COP(=O)(O)OCC[N+](C)(C)C)OC(=O)CCC/C=C/C(=O)O. The largest absolute Gasteiger partial charge is 0.478 e. The summed E-state index contributed by atoms with van der Waals surface area (Å²) in [5.41, 5.74) is 0. The van der Waals surface area contributed by atoms with Gasteiger partial charge in [0.1, 0.15) is 19.8 Å². The fourth-order valence-electron chi connectivity index (χ4n) is 4.10. The molecule has 0 heterocycles. The van der Waals surface area contributed by atoms with Crippen LogP contribution in [0.25, 0.3) is 0 Å². The van der Waals surface area contributed by atoms with Gasteiger partial charge in [0.25, 0.3) is 0 Å². The van der Waals surface area contributed by atoms with Gasteiger partial charge >= 0.3 is 25.7 Å². The molecule has 0 aliphatic carbocycles. The van der Waals surface area contributed by atoms with Gasteiger partial charge in [-0.2, -0.15) is 0 Å². The Kier molecular flexibility index (Phi) is 24.5. The summed E-state index contributed by atoms with van der Waals surface area (Å²) in [4.78, 5) is 45.1. The van der Waals surface area contributed by atoms with Crippen LogP contribution in [0.2, 0.25) is 0 Å². The first-order chi connectivity index (χ1) is 20.3. The van der Waals surface area contributed by atoms with Crippen molar-refractivity contribution < 1.29 is 52.0 Å². The number of carbonyl (C=O) groups excluding carboxylic acids is 2. The molecule has 11 nitrogen and oxygen atoms in total. The number of allylic oxidation sites excluding steroid dienone is 1. The van der Waals surface area contributed by atoms with Gasteiger partial charge in [0.15, 0.2) is 6.10 Å². The van der Waals surface area contributed by atoms with Gasteiger partial charge in [-0.25, -0.2) is 9.36 Å². The molecule has 0 fully saturated rings. The van der Waals surface area contributed by atoms with Crippen LogP contribution in [0.1, 0.15) is 116 Å². The lowest BCUT2D eigenvalue weighted by Gasteiger charge is -2.24. The van der Waals surface area contributed by atoms with Crippen molar-refractivity contribution in [1.82, 2.24) is 0 Å². The zero-order valence-corrected chi connectivity index (χ0v) is 28.0. The predicted octanol–water partition coefficient (Wildman–Crippen LogP) is 6.57. The number of ether oxygens (including phenoxy) is 2. The Balaban J connectivity index is 4.43. The highest BCUT2D eigenvalue weighted by Gasteiger charge is 2.27. The van der Waals surface area contributed by atoms with Crippen LogP contribution in [0.15, 0.2) is 12.2 Å². The van der Waals surface area contributed by atoms with E-state index in [0.717, 1.165) is 25.3 Å². The van der Waals surface area contributed by atoms with Gasteiger partial charge < -0.3 is 24.0 Å². The molecule has 0 aliphatic rings. The average molecular weight is 637 g/mol.